The number of carbonyl (C=O) groups excluding carboxylic acids is 1. The largest absolute Gasteiger partial charge is 0.324 e. The molecular formula is C18H17N3O3S2. The van der Waals surface area contributed by atoms with Crippen LogP contribution in [0.2, 0.25) is 0 Å². The first-order chi connectivity index (χ1) is 12.4. The molecule has 0 aliphatic rings. The van der Waals surface area contributed by atoms with Crippen molar-refractivity contribution in [2.45, 2.75) is 26.3 Å². The Morgan fingerprint density at radius 3 is 2.73 bits per heavy atom. The lowest BCUT2D eigenvalue weighted by atomic mass is 10.0. The monoisotopic (exact) mass is 387 g/mol. The maximum Gasteiger partial charge on any atom is 0.324 e. The zero-order valence-corrected chi connectivity index (χ0v) is 16.0. The van der Waals surface area contributed by atoms with Crippen LogP contribution in [-0.2, 0) is 6.54 Å². The van der Waals surface area contributed by atoms with Crippen LogP contribution in [0.5, 0.6) is 0 Å². The van der Waals surface area contributed by atoms with Crippen molar-refractivity contribution in [1.29, 1.82) is 0 Å². The van der Waals surface area contributed by atoms with Crippen molar-refractivity contribution in [1.82, 2.24) is 4.57 Å². The standard InChI is InChI=1S/C18H17N3O3S2/c1-4-9-20-13-6-5-12(11(2)3)10-15(13)26-18(20)19-17(22)14-7-8-16(25-14)21(23)24/h4-8,10-11H,1,9H2,2-3H3. The van der Waals surface area contributed by atoms with Crippen LogP contribution in [0.15, 0.2) is 48.0 Å². The van der Waals surface area contributed by atoms with Gasteiger partial charge < -0.3 is 4.57 Å². The predicted octanol–water partition coefficient (Wildman–Crippen LogP) is 4.72. The number of rotatable bonds is 5. The Morgan fingerprint density at radius 1 is 1.35 bits per heavy atom. The fraction of sp³-hybridized carbons (Fsp3) is 0.222. The molecule has 26 heavy (non-hydrogen) atoms. The van der Waals surface area contributed by atoms with Crippen molar-refractivity contribution >= 4 is 43.8 Å². The molecule has 8 heteroatoms. The Labute approximate surface area is 157 Å². The zero-order chi connectivity index (χ0) is 18.8. The van der Waals surface area contributed by atoms with Gasteiger partial charge in [0.2, 0.25) is 0 Å². The second-order valence-electron chi connectivity index (χ2n) is 5.98. The molecule has 3 aromatic rings. The number of thiophene rings is 1. The zero-order valence-electron chi connectivity index (χ0n) is 14.3. The minimum absolute atomic E-state index is 0.0690. The van der Waals surface area contributed by atoms with Crippen LogP contribution in [0, 0.1) is 10.1 Å². The highest BCUT2D eigenvalue weighted by Crippen LogP contribution is 2.26. The van der Waals surface area contributed by atoms with Gasteiger partial charge in [0, 0.05) is 12.6 Å². The summed E-state index contributed by atoms with van der Waals surface area (Å²) in [4.78, 5) is 27.8. The maximum atomic E-state index is 12.4. The molecule has 0 unspecified atom stereocenters. The summed E-state index contributed by atoms with van der Waals surface area (Å²) in [5.74, 6) is -0.0698. The lowest BCUT2D eigenvalue weighted by molar-refractivity contribution is -0.380. The molecule has 0 fully saturated rings. The van der Waals surface area contributed by atoms with Crippen LogP contribution in [0.1, 0.15) is 35.0 Å². The van der Waals surface area contributed by atoms with Gasteiger partial charge in [0.25, 0.3) is 5.91 Å². The van der Waals surface area contributed by atoms with E-state index in [0.717, 1.165) is 21.6 Å². The molecule has 0 saturated heterocycles. The molecule has 134 valence electrons. The second-order valence-corrected chi connectivity index (χ2v) is 8.05. The molecule has 0 radical (unpaired) electrons. The van der Waals surface area contributed by atoms with Crippen LogP contribution in [0.4, 0.5) is 5.00 Å². The smallest absolute Gasteiger partial charge is 0.312 e. The van der Waals surface area contributed by atoms with Gasteiger partial charge in [0.05, 0.1) is 15.1 Å². The van der Waals surface area contributed by atoms with Gasteiger partial charge in [-0.25, -0.2) is 0 Å². The van der Waals surface area contributed by atoms with Crippen LogP contribution >= 0.6 is 22.7 Å². The molecule has 6 nitrogen and oxygen atoms in total. The Morgan fingerprint density at radius 2 is 2.12 bits per heavy atom. The van der Waals surface area contributed by atoms with E-state index < -0.39 is 10.8 Å². The van der Waals surface area contributed by atoms with E-state index in [0.29, 0.717) is 17.3 Å². The SMILES string of the molecule is C=CCn1c(=NC(=O)c2ccc([N+](=O)[O-])s2)sc2cc(C(C)C)ccc21. The number of nitro groups is 1. The van der Waals surface area contributed by atoms with Crippen molar-refractivity contribution in [3.8, 4) is 0 Å². The topological polar surface area (TPSA) is 77.5 Å². The molecule has 0 N–H and O–H groups in total. The molecule has 2 heterocycles. The number of nitrogens with zero attached hydrogens (tertiary/aromatic N) is 3. The lowest BCUT2D eigenvalue weighted by Gasteiger charge is -2.05. The molecule has 3 rings (SSSR count). The van der Waals surface area contributed by atoms with E-state index in [4.69, 9.17) is 0 Å². The number of thiazole rings is 1. The normalized spacial score (nSPS) is 12.0. The molecule has 0 aliphatic heterocycles. The minimum atomic E-state index is -0.508. The summed E-state index contributed by atoms with van der Waals surface area (Å²) in [6, 6.07) is 8.99. The van der Waals surface area contributed by atoms with Crippen LogP contribution < -0.4 is 4.80 Å². The third-order valence-corrected chi connectivity index (χ3v) is 5.93. The van der Waals surface area contributed by atoms with Crippen molar-refractivity contribution < 1.29 is 9.72 Å². The lowest BCUT2D eigenvalue weighted by Crippen LogP contribution is -2.15. The van der Waals surface area contributed by atoms with Gasteiger partial charge in [0.15, 0.2) is 4.80 Å². The van der Waals surface area contributed by atoms with Gasteiger partial charge in [-0.05, 0) is 29.7 Å². The van der Waals surface area contributed by atoms with Gasteiger partial charge >= 0.3 is 5.00 Å². The van der Waals surface area contributed by atoms with E-state index in [9.17, 15) is 14.9 Å². The summed E-state index contributed by atoms with van der Waals surface area (Å²) in [7, 11) is 0. The molecule has 2 aromatic heterocycles. The average molecular weight is 387 g/mol. The highest BCUT2D eigenvalue weighted by atomic mass is 32.1. The number of hydrogen-bond acceptors (Lipinski definition) is 5. The van der Waals surface area contributed by atoms with Crippen molar-refractivity contribution in [2.24, 2.45) is 4.99 Å². The Kier molecular flexibility index (Phi) is 5.15. The Hall–Kier alpha value is -2.58. The third-order valence-electron chi connectivity index (χ3n) is 3.86. The minimum Gasteiger partial charge on any atom is -0.312 e. The molecule has 0 atom stereocenters. The Bertz CT molecular complexity index is 1070. The van der Waals surface area contributed by atoms with E-state index in [1.807, 2.05) is 10.6 Å². The van der Waals surface area contributed by atoms with E-state index >= 15 is 0 Å². The first-order valence-corrected chi connectivity index (χ1v) is 9.61. The van der Waals surface area contributed by atoms with E-state index in [2.05, 4.69) is 37.6 Å². The van der Waals surface area contributed by atoms with Gasteiger partial charge in [-0.2, -0.15) is 4.99 Å². The number of amides is 1. The van der Waals surface area contributed by atoms with Gasteiger partial charge in [0.1, 0.15) is 4.88 Å². The fourth-order valence-corrected chi connectivity index (χ4v) is 4.31. The summed E-state index contributed by atoms with van der Waals surface area (Å²) < 4.78 is 2.97. The van der Waals surface area contributed by atoms with Crippen molar-refractivity contribution in [2.75, 3.05) is 0 Å². The molecule has 0 saturated carbocycles. The summed E-state index contributed by atoms with van der Waals surface area (Å²) in [6.07, 6.45) is 1.75. The van der Waals surface area contributed by atoms with E-state index in [1.165, 1.54) is 29.0 Å². The first-order valence-electron chi connectivity index (χ1n) is 7.98. The third kappa shape index (κ3) is 3.51. The molecule has 1 aromatic carbocycles. The molecule has 0 bridgehead atoms. The number of carbonyl (C=O) groups is 1. The number of aromatic nitrogens is 1. The predicted molar refractivity (Wildman–Crippen MR) is 105 cm³/mol. The summed E-state index contributed by atoms with van der Waals surface area (Å²) in [5, 5.41) is 10.7. The van der Waals surface area contributed by atoms with Crippen molar-refractivity contribution in [3.63, 3.8) is 0 Å². The quantitative estimate of drug-likeness (QED) is 0.361. The summed E-state index contributed by atoms with van der Waals surface area (Å²) in [5.41, 5.74) is 2.21. The Balaban J connectivity index is 2.10. The van der Waals surface area contributed by atoms with Crippen molar-refractivity contribution in [3.05, 3.63) is 68.3 Å². The molecule has 0 aliphatic carbocycles. The molecule has 0 spiro atoms. The fourth-order valence-electron chi connectivity index (χ4n) is 2.52. The summed E-state index contributed by atoms with van der Waals surface area (Å²) >= 11 is 2.26. The van der Waals surface area contributed by atoms with E-state index in [1.54, 1.807) is 6.08 Å². The summed E-state index contributed by atoms with van der Waals surface area (Å²) in [6.45, 7) is 8.56. The maximum absolute atomic E-state index is 12.4. The van der Waals surface area contributed by atoms with Gasteiger partial charge in [-0.1, -0.05) is 48.7 Å². The number of fused-ring (bicyclic) bond motifs is 1. The highest BCUT2D eigenvalue weighted by molar-refractivity contribution is 7.17. The van der Waals surface area contributed by atoms with E-state index in [-0.39, 0.29) is 9.88 Å². The number of benzene rings is 1. The number of allylic oxidation sites excluding steroid dienone is 1. The second kappa shape index (κ2) is 7.35. The van der Waals surface area contributed by atoms with Crippen LogP contribution in [0.3, 0.4) is 0 Å². The highest BCUT2D eigenvalue weighted by Gasteiger charge is 2.16. The molecular weight excluding hydrogens is 370 g/mol. The van der Waals surface area contributed by atoms with Crippen LogP contribution in [-0.4, -0.2) is 15.4 Å². The average Bonchev–Trinajstić information content (AvgIpc) is 3.20. The number of hydrogen-bond donors (Lipinski definition) is 0. The van der Waals surface area contributed by atoms with Gasteiger partial charge in [-0.15, -0.1) is 6.58 Å². The molecule has 1 amide bonds. The van der Waals surface area contributed by atoms with Crippen LogP contribution in [0.25, 0.3) is 10.2 Å². The first kappa shape index (κ1) is 18.2. The van der Waals surface area contributed by atoms with Gasteiger partial charge in [-0.3, -0.25) is 14.9 Å².